The van der Waals surface area contributed by atoms with E-state index >= 15 is 0 Å². The predicted octanol–water partition coefficient (Wildman–Crippen LogP) is 3.30. The maximum Gasteiger partial charge on any atom is 0.275 e. The highest BCUT2D eigenvalue weighted by molar-refractivity contribution is 5.80. The van der Waals surface area contributed by atoms with Gasteiger partial charge in [-0.25, -0.2) is 4.98 Å². The van der Waals surface area contributed by atoms with E-state index in [9.17, 15) is 0 Å². The van der Waals surface area contributed by atoms with Crippen molar-refractivity contribution < 1.29 is 9.72 Å². The molecule has 0 radical (unpaired) electrons. The SMILES string of the molecule is COc1ccc(N2CCN(c3cc(C)c4ccccc4[nH+]3)CC2)cc1. The molecule has 1 fully saturated rings. The van der Waals surface area contributed by atoms with Crippen molar-refractivity contribution in [2.24, 2.45) is 0 Å². The Bertz CT molecular complexity index is 868. The largest absolute Gasteiger partial charge is 0.497 e. The molecule has 4 rings (SSSR count). The monoisotopic (exact) mass is 334 g/mol. The molecule has 0 amide bonds. The lowest BCUT2D eigenvalue weighted by Crippen LogP contribution is -2.48. The van der Waals surface area contributed by atoms with E-state index in [2.05, 4.69) is 64.2 Å². The molecule has 1 aliphatic rings. The highest BCUT2D eigenvalue weighted by atomic mass is 16.5. The summed E-state index contributed by atoms with van der Waals surface area (Å²) >= 11 is 0. The number of H-pyrrole nitrogens is 1. The Hall–Kier alpha value is -2.75. The third kappa shape index (κ3) is 3.12. The van der Waals surface area contributed by atoms with Gasteiger partial charge in [-0.2, -0.15) is 0 Å². The molecule has 1 saturated heterocycles. The Morgan fingerprint density at radius 1 is 0.880 bits per heavy atom. The van der Waals surface area contributed by atoms with E-state index in [1.807, 2.05) is 12.1 Å². The lowest BCUT2D eigenvalue weighted by atomic mass is 10.1. The molecule has 1 N–H and O–H groups in total. The molecular weight excluding hydrogens is 310 g/mol. The number of hydrogen-bond acceptors (Lipinski definition) is 3. The van der Waals surface area contributed by atoms with Crippen molar-refractivity contribution in [3.63, 3.8) is 0 Å². The van der Waals surface area contributed by atoms with E-state index in [1.54, 1.807) is 7.11 Å². The zero-order valence-corrected chi connectivity index (χ0v) is 14.8. The topological polar surface area (TPSA) is 29.9 Å². The van der Waals surface area contributed by atoms with Crippen LogP contribution in [0.25, 0.3) is 10.9 Å². The van der Waals surface area contributed by atoms with Gasteiger partial charge in [0.05, 0.1) is 20.2 Å². The van der Waals surface area contributed by atoms with Crippen LogP contribution in [0.5, 0.6) is 5.75 Å². The van der Waals surface area contributed by atoms with E-state index in [1.165, 1.54) is 28.0 Å². The van der Waals surface area contributed by atoms with Crippen molar-refractivity contribution >= 4 is 22.4 Å². The fourth-order valence-corrected chi connectivity index (χ4v) is 3.56. The van der Waals surface area contributed by atoms with Crippen LogP contribution in [0.2, 0.25) is 0 Å². The fourth-order valence-electron chi connectivity index (χ4n) is 3.56. The summed E-state index contributed by atoms with van der Waals surface area (Å²) in [6.07, 6.45) is 0. The van der Waals surface area contributed by atoms with Crippen LogP contribution in [0.1, 0.15) is 5.56 Å². The number of anilines is 2. The number of nitrogens with zero attached hydrogens (tertiary/aromatic N) is 2. The lowest BCUT2D eigenvalue weighted by Gasteiger charge is -2.32. The summed E-state index contributed by atoms with van der Waals surface area (Å²) in [4.78, 5) is 8.48. The second kappa shape index (κ2) is 6.63. The molecule has 3 aromatic rings. The van der Waals surface area contributed by atoms with Gasteiger partial charge in [-0.3, -0.25) is 4.90 Å². The molecule has 25 heavy (non-hydrogen) atoms. The first-order valence-electron chi connectivity index (χ1n) is 8.80. The second-order valence-corrected chi connectivity index (χ2v) is 6.56. The second-order valence-electron chi connectivity index (χ2n) is 6.56. The molecule has 0 saturated carbocycles. The predicted molar refractivity (Wildman–Crippen MR) is 103 cm³/mol. The van der Waals surface area contributed by atoms with E-state index in [-0.39, 0.29) is 0 Å². The van der Waals surface area contributed by atoms with Crippen LogP contribution in [0.15, 0.2) is 54.6 Å². The van der Waals surface area contributed by atoms with Crippen LogP contribution in [-0.4, -0.2) is 33.3 Å². The van der Waals surface area contributed by atoms with Crippen molar-refractivity contribution in [2.75, 3.05) is 43.1 Å². The Morgan fingerprint density at radius 3 is 2.28 bits per heavy atom. The standard InChI is InChI=1S/C21H23N3O/c1-16-15-21(22-20-6-4-3-5-19(16)20)24-13-11-23(12-14-24)17-7-9-18(25-2)10-8-17/h3-10,15H,11-14H2,1-2H3/p+1. The van der Waals surface area contributed by atoms with E-state index in [0.29, 0.717) is 0 Å². The van der Waals surface area contributed by atoms with Gasteiger partial charge in [0.15, 0.2) is 0 Å². The molecule has 0 aliphatic carbocycles. The van der Waals surface area contributed by atoms with Crippen LogP contribution in [0, 0.1) is 6.92 Å². The summed E-state index contributed by atoms with van der Waals surface area (Å²) in [7, 11) is 1.70. The molecule has 4 nitrogen and oxygen atoms in total. The summed E-state index contributed by atoms with van der Waals surface area (Å²) in [5.74, 6) is 2.12. The first-order valence-corrected chi connectivity index (χ1v) is 8.80. The molecular formula is C21H24N3O+. The third-order valence-corrected chi connectivity index (χ3v) is 5.03. The average molecular weight is 334 g/mol. The molecule has 2 heterocycles. The zero-order valence-electron chi connectivity index (χ0n) is 14.8. The van der Waals surface area contributed by atoms with Gasteiger partial charge in [0.25, 0.3) is 5.82 Å². The normalized spacial score (nSPS) is 14.8. The number of methoxy groups -OCH3 is 1. The number of benzene rings is 2. The molecule has 0 atom stereocenters. The van der Waals surface area contributed by atoms with Gasteiger partial charge in [0, 0.05) is 17.1 Å². The molecule has 2 aromatic carbocycles. The minimum atomic E-state index is 0.906. The number of aromatic amines is 1. The van der Waals surface area contributed by atoms with Gasteiger partial charge in [-0.05, 0) is 42.8 Å². The first-order chi connectivity index (χ1) is 12.2. The number of rotatable bonds is 3. The summed E-state index contributed by atoms with van der Waals surface area (Å²) in [5, 5.41) is 1.29. The van der Waals surface area contributed by atoms with Crippen LogP contribution >= 0.6 is 0 Å². The molecule has 0 unspecified atom stereocenters. The smallest absolute Gasteiger partial charge is 0.275 e. The lowest BCUT2D eigenvalue weighted by molar-refractivity contribution is -0.330. The number of aryl methyl sites for hydroxylation is 1. The van der Waals surface area contributed by atoms with Crippen molar-refractivity contribution in [3.8, 4) is 5.75 Å². The average Bonchev–Trinajstić information content (AvgIpc) is 2.68. The molecule has 1 aliphatic heterocycles. The summed E-state index contributed by atoms with van der Waals surface area (Å²) in [6, 6.07) is 19.1. The number of hydrogen-bond donors (Lipinski definition) is 0. The van der Waals surface area contributed by atoms with Gasteiger partial charge in [0.1, 0.15) is 24.4 Å². The van der Waals surface area contributed by atoms with E-state index in [4.69, 9.17) is 4.74 Å². The molecule has 0 spiro atoms. The van der Waals surface area contributed by atoms with Crippen LogP contribution in [0.4, 0.5) is 11.5 Å². The van der Waals surface area contributed by atoms with Crippen molar-refractivity contribution in [1.29, 1.82) is 0 Å². The van der Waals surface area contributed by atoms with Gasteiger partial charge in [-0.15, -0.1) is 0 Å². The maximum absolute atomic E-state index is 5.25. The van der Waals surface area contributed by atoms with Gasteiger partial charge >= 0.3 is 0 Å². The minimum Gasteiger partial charge on any atom is -0.497 e. The van der Waals surface area contributed by atoms with E-state index < -0.39 is 0 Å². The Labute approximate surface area is 148 Å². The van der Waals surface area contributed by atoms with Crippen molar-refractivity contribution in [1.82, 2.24) is 0 Å². The van der Waals surface area contributed by atoms with Crippen molar-refractivity contribution in [3.05, 3.63) is 60.2 Å². The quantitative estimate of drug-likeness (QED) is 0.736. The third-order valence-electron chi connectivity index (χ3n) is 5.03. The van der Waals surface area contributed by atoms with E-state index in [0.717, 1.165) is 31.9 Å². The number of fused-ring (bicyclic) bond motifs is 1. The number of piperazine rings is 1. The highest BCUT2D eigenvalue weighted by Crippen LogP contribution is 2.23. The minimum absolute atomic E-state index is 0.906. The fraction of sp³-hybridized carbons (Fsp3) is 0.286. The van der Waals surface area contributed by atoms with Gasteiger partial charge in [-0.1, -0.05) is 18.2 Å². The van der Waals surface area contributed by atoms with Crippen LogP contribution in [0.3, 0.4) is 0 Å². The molecule has 0 bridgehead atoms. The number of aromatic nitrogens is 1. The number of para-hydroxylation sites is 1. The van der Waals surface area contributed by atoms with Crippen LogP contribution in [-0.2, 0) is 0 Å². The van der Waals surface area contributed by atoms with Crippen molar-refractivity contribution in [2.45, 2.75) is 6.92 Å². The number of pyridine rings is 1. The zero-order chi connectivity index (χ0) is 17.2. The summed E-state index contributed by atoms with van der Waals surface area (Å²) in [6.45, 7) is 6.26. The maximum atomic E-state index is 5.25. The molecule has 128 valence electrons. The first kappa shape index (κ1) is 15.8. The highest BCUT2D eigenvalue weighted by Gasteiger charge is 2.24. The van der Waals surface area contributed by atoms with Gasteiger partial charge < -0.3 is 9.64 Å². The number of ether oxygens (including phenoxy) is 1. The summed E-state index contributed by atoms with van der Waals surface area (Å²) < 4.78 is 5.25. The molecule has 1 aromatic heterocycles. The molecule has 4 heteroatoms. The Morgan fingerprint density at radius 2 is 1.56 bits per heavy atom. The van der Waals surface area contributed by atoms with Gasteiger partial charge in [0.2, 0.25) is 0 Å². The summed E-state index contributed by atoms with van der Waals surface area (Å²) in [5.41, 5.74) is 3.79. The Kier molecular flexibility index (Phi) is 4.18. The van der Waals surface area contributed by atoms with Crippen LogP contribution < -0.4 is 19.5 Å². The number of nitrogens with one attached hydrogen (secondary N) is 1. The Balaban J connectivity index is 1.49.